The molecular weight excluding hydrogens is 395 g/mol. The lowest BCUT2D eigenvalue weighted by Gasteiger charge is -2.33. The van der Waals surface area contributed by atoms with E-state index >= 15 is 0 Å². The minimum absolute atomic E-state index is 0.181. The summed E-state index contributed by atoms with van der Waals surface area (Å²) in [6.45, 7) is 10.5. The molecule has 0 spiro atoms. The highest BCUT2D eigenvalue weighted by Gasteiger charge is 2.32. The highest BCUT2D eigenvalue weighted by molar-refractivity contribution is 5.77. The third-order valence-corrected chi connectivity index (χ3v) is 5.65. The second kappa shape index (κ2) is 7.33. The summed E-state index contributed by atoms with van der Waals surface area (Å²) in [4.78, 5) is 6.72. The van der Waals surface area contributed by atoms with Crippen molar-refractivity contribution >= 4 is 11.0 Å². The Bertz CT molecular complexity index is 1040. The average molecular weight is 421 g/mol. The van der Waals surface area contributed by atoms with Crippen molar-refractivity contribution in [2.75, 3.05) is 13.1 Å². The van der Waals surface area contributed by atoms with Gasteiger partial charge in [0.2, 0.25) is 0 Å². The predicted molar refractivity (Wildman–Crippen MR) is 106 cm³/mol. The number of halogens is 3. The number of nitrogens with zero attached hydrogens (tertiary/aromatic N) is 7. The second-order valence-electron chi connectivity index (χ2n) is 8.92. The maximum atomic E-state index is 13.0. The third kappa shape index (κ3) is 3.92. The molecule has 0 amide bonds. The van der Waals surface area contributed by atoms with Crippen LogP contribution in [-0.4, -0.2) is 47.7 Å². The lowest BCUT2D eigenvalue weighted by Crippen LogP contribution is -2.36. The minimum Gasteiger partial charge on any atom is -0.325 e. The maximum Gasteiger partial charge on any atom is 0.416 e. The van der Waals surface area contributed by atoms with E-state index in [0.29, 0.717) is 12.1 Å². The number of fused-ring (bicyclic) bond motifs is 1. The molecule has 30 heavy (non-hydrogen) atoms. The third-order valence-electron chi connectivity index (χ3n) is 5.65. The van der Waals surface area contributed by atoms with Gasteiger partial charge in [-0.1, -0.05) is 0 Å². The van der Waals surface area contributed by atoms with Crippen LogP contribution in [0.15, 0.2) is 18.2 Å². The van der Waals surface area contributed by atoms with E-state index in [1.54, 1.807) is 6.07 Å². The first-order valence-electron chi connectivity index (χ1n) is 10.1. The molecule has 1 fully saturated rings. The van der Waals surface area contributed by atoms with Crippen LogP contribution in [0.4, 0.5) is 13.2 Å². The fourth-order valence-electron chi connectivity index (χ4n) is 4.22. The van der Waals surface area contributed by atoms with Crippen molar-refractivity contribution in [1.82, 2.24) is 34.7 Å². The standard InChI is InChI=1S/C20H26F3N7/c1-13-24-16-11-14(20(21,22)23)5-6-17(16)29(13)15-7-9-28(10-8-15)12-18-25-26-27-30(18)19(2,3)4/h5-6,11,15H,7-10,12H2,1-4H3. The lowest BCUT2D eigenvalue weighted by atomic mass is 10.0. The molecule has 0 bridgehead atoms. The Kier molecular flexibility index (Phi) is 5.08. The molecule has 0 N–H and O–H groups in total. The monoisotopic (exact) mass is 421 g/mol. The number of piperidine rings is 1. The molecule has 1 aliphatic heterocycles. The molecule has 0 aliphatic carbocycles. The molecule has 162 valence electrons. The summed E-state index contributed by atoms with van der Waals surface area (Å²) in [5, 5.41) is 12.1. The normalized spacial score (nSPS) is 17.2. The first-order valence-corrected chi connectivity index (χ1v) is 10.1. The van der Waals surface area contributed by atoms with Gasteiger partial charge >= 0.3 is 6.18 Å². The van der Waals surface area contributed by atoms with Crippen molar-refractivity contribution in [3.05, 3.63) is 35.4 Å². The van der Waals surface area contributed by atoms with Gasteiger partial charge in [0.15, 0.2) is 5.82 Å². The SMILES string of the molecule is Cc1nc2cc(C(F)(F)F)ccc2n1C1CCN(Cc2nnnn2C(C)(C)C)CC1. The number of aromatic nitrogens is 6. The molecule has 0 atom stereocenters. The maximum absolute atomic E-state index is 13.0. The van der Waals surface area contributed by atoms with Gasteiger partial charge in [-0.05, 0) is 69.2 Å². The average Bonchev–Trinajstić information content (AvgIpc) is 3.24. The summed E-state index contributed by atoms with van der Waals surface area (Å²) >= 11 is 0. The molecule has 0 saturated carbocycles. The number of hydrogen-bond acceptors (Lipinski definition) is 5. The number of hydrogen-bond donors (Lipinski definition) is 0. The van der Waals surface area contributed by atoms with Crippen LogP contribution >= 0.6 is 0 Å². The molecule has 3 heterocycles. The number of imidazole rings is 1. The number of likely N-dealkylation sites (tertiary alicyclic amines) is 1. The molecular formula is C20H26F3N7. The fraction of sp³-hybridized carbons (Fsp3) is 0.600. The molecule has 2 aromatic heterocycles. The molecule has 3 aromatic rings. The van der Waals surface area contributed by atoms with E-state index in [0.717, 1.165) is 55.2 Å². The van der Waals surface area contributed by atoms with Crippen molar-refractivity contribution in [2.24, 2.45) is 0 Å². The Hall–Kier alpha value is -2.49. The fourth-order valence-corrected chi connectivity index (χ4v) is 4.22. The van der Waals surface area contributed by atoms with Crippen molar-refractivity contribution < 1.29 is 13.2 Å². The smallest absolute Gasteiger partial charge is 0.325 e. The van der Waals surface area contributed by atoms with Crippen LogP contribution in [0.1, 0.15) is 56.9 Å². The minimum atomic E-state index is -4.36. The quantitative estimate of drug-likeness (QED) is 0.641. The largest absolute Gasteiger partial charge is 0.416 e. The van der Waals surface area contributed by atoms with Crippen LogP contribution in [0.25, 0.3) is 11.0 Å². The summed E-state index contributed by atoms with van der Waals surface area (Å²) in [6, 6.07) is 4.03. The van der Waals surface area contributed by atoms with E-state index in [1.807, 2.05) is 11.6 Å². The van der Waals surface area contributed by atoms with Gasteiger partial charge in [0, 0.05) is 19.1 Å². The van der Waals surface area contributed by atoms with Crippen LogP contribution in [0.5, 0.6) is 0 Å². The van der Waals surface area contributed by atoms with Crippen molar-refractivity contribution in [2.45, 2.75) is 64.8 Å². The van der Waals surface area contributed by atoms with Crippen LogP contribution in [0.2, 0.25) is 0 Å². The first kappa shape index (κ1) is 20.8. The molecule has 0 unspecified atom stereocenters. The molecule has 7 nitrogen and oxygen atoms in total. The Morgan fingerprint density at radius 1 is 1.10 bits per heavy atom. The molecule has 1 aromatic carbocycles. The van der Waals surface area contributed by atoms with Gasteiger partial charge in [-0.25, -0.2) is 9.67 Å². The zero-order valence-electron chi connectivity index (χ0n) is 17.6. The predicted octanol–water partition coefficient (Wildman–Crippen LogP) is 3.94. The molecule has 4 rings (SSSR count). The highest BCUT2D eigenvalue weighted by atomic mass is 19.4. The molecule has 10 heteroatoms. The Morgan fingerprint density at radius 3 is 2.43 bits per heavy atom. The number of rotatable bonds is 3. The summed E-state index contributed by atoms with van der Waals surface area (Å²) < 4.78 is 43.0. The number of tetrazole rings is 1. The summed E-state index contributed by atoms with van der Waals surface area (Å²) in [5.74, 6) is 1.59. The first-order chi connectivity index (χ1) is 14.0. The van der Waals surface area contributed by atoms with Crippen LogP contribution in [0, 0.1) is 6.92 Å². The zero-order chi connectivity index (χ0) is 21.7. The van der Waals surface area contributed by atoms with Gasteiger partial charge in [0.05, 0.1) is 28.7 Å². The number of benzene rings is 1. The van der Waals surface area contributed by atoms with Crippen LogP contribution in [-0.2, 0) is 18.3 Å². The molecule has 1 saturated heterocycles. The topological polar surface area (TPSA) is 64.7 Å². The zero-order valence-corrected chi connectivity index (χ0v) is 17.6. The highest BCUT2D eigenvalue weighted by Crippen LogP contribution is 2.34. The van der Waals surface area contributed by atoms with Crippen molar-refractivity contribution in [3.8, 4) is 0 Å². The van der Waals surface area contributed by atoms with Crippen molar-refractivity contribution in [3.63, 3.8) is 0 Å². The van der Waals surface area contributed by atoms with E-state index in [-0.39, 0.29) is 11.6 Å². The van der Waals surface area contributed by atoms with Gasteiger partial charge in [-0.2, -0.15) is 13.2 Å². The van der Waals surface area contributed by atoms with Gasteiger partial charge in [-0.3, -0.25) is 4.90 Å². The summed E-state index contributed by atoms with van der Waals surface area (Å²) in [6.07, 6.45) is -2.57. The van der Waals surface area contributed by atoms with Crippen LogP contribution in [0.3, 0.4) is 0 Å². The van der Waals surface area contributed by atoms with Gasteiger partial charge in [0.1, 0.15) is 5.82 Å². The van der Waals surface area contributed by atoms with Gasteiger partial charge in [-0.15, -0.1) is 5.10 Å². The Morgan fingerprint density at radius 2 is 1.80 bits per heavy atom. The second-order valence-corrected chi connectivity index (χ2v) is 8.92. The van der Waals surface area contributed by atoms with Crippen LogP contribution < -0.4 is 0 Å². The summed E-state index contributed by atoms with van der Waals surface area (Å²) in [5.41, 5.74) is 0.315. The van der Waals surface area contributed by atoms with E-state index in [1.165, 1.54) is 0 Å². The van der Waals surface area contributed by atoms with E-state index in [9.17, 15) is 13.2 Å². The number of alkyl halides is 3. The lowest BCUT2D eigenvalue weighted by molar-refractivity contribution is -0.137. The van der Waals surface area contributed by atoms with Crippen molar-refractivity contribution in [1.29, 1.82) is 0 Å². The van der Waals surface area contributed by atoms with Gasteiger partial charge < -0.3 is 4.57 Å². The van der Waals surface area contributed by atoms with Gasteiger partial charge in [0.25, 0.3) is 0 Å². The summed E-state index contributed by atoms with van der Waals surface area (Å²) in [7, 11) is 0. The molecule has 1 aliphatic rings. The Labute approximate surface area is 172 Å². The number of aryl methyl sites for hydroxylation is 1. The molecule has 0 radical (unpaired) electrons. The van der Waals surface area contributed by atoms with E-state index < -0.39 is 11.7 Å². The Balaban J connectivity index is 1.49. The van der Waals surface area contributed by atoms with E-state index in [2.05, 4.69) is 50.7 Å². The van der Waals surface area contributed by atoms with E-state index in [4.69, 9.17) is 0 Å².